The highest BCUT2D eigenvalue weighted by Crippen LogP contribution is 2.50. The van der Waals surface area contributed by atoms with Crippen LogP contribution in [0.4, 0.5) is 0 Å². The van der Waals surface area contributed by atoms with E-state index in [4.69, 9.17) is 0 Å². The molecular weight excluding hydrogens is 458 g/mol. The molecule has 6 atom stereocenters. The second-order valence-corrected chi connectivity index (χ2v) is 14.2. The van der Waals surface area contributed by atoms with Crippen molar-refractivity contribution in [3.63, 3.8) is 0 Å². The van der Waals surface area contributed by atoms with Gasteiger partial charge in [0.15, 0.2) is 0 Å². The van der Waals surface area contributed by atoms with Gasteiger partial charge in [-0.3, -0.25) is 0 Å². The minimum absolute atomic E-state index is 0.297. The Kier molecular flexibility index (Phi) is 11.9. The Morgan fingerprint density at radius 2 is 1.97 bits per heavy atom. The molecule has 0 bridgehead atoms. The molecule has 1 aliphatic heterocycles. The van der Waals surface area contributed by atoms with Crippen molar-refractivity contribution >= 4 is 0 Å². The molecule has 6 unspecified atom stereocenters. The summed E-state index contributed by atoms with van der Waals surface area (Å²) in [5.74, 6) is 4.13. The molecule has 1 saturated heterocycles. The van der Waals surface area contributed by atoms with Crippen LogP contribution in [0.1, 0.15) is 138 Å². The van der Waals surface area contributed by atoms with Gasteiger partial charge in [0, 0.05) is 17.8 Å². The summed E-state index contributed by atoms with van der Waals surface area (Å²) in [6, 6.07) is 0. The van der Waals surface area contributed by atoms with Crippen molar-refractivity contribution < 1.29 is 0 Å². The van der Waals surface area contributed by atoms with Gasteiger partial charge in [-0.2, -0.15) is 0 Å². The van der Waals surface area contributed by atoms with Crippen LogP contribution in [0.5, 0.6) is 0 Å². The Balaban J connectivity index is 1.62. The highest BCUT2D eigenvalue weighted by Gasteiger charge is 2.44. The van der Waals surface area contributed by atoms with Gasteiger partial charge in [0.05, 0.1) is 0 Å². The van der Waals surface area contributed by atoms with E-state index in [2.05, 4.69) is 90.3 Å². The third kappa shape index (κ3) is 7.69. The van der Waals surface area contributed by atoms with Gasteiger partial charge in [0.25, 0.3) is 0 Å². The van der Waals surface area contributed by atoms with Crippen LogP contribution in [0.2, 0.25) is 0 Å². The van der Waals surface area contributed by atoms with E-state index in [9.17, 15) is 0 Å². The lowest BCUT2D eigenvalue weighted by Gasteiger charge is -2.45. The summed E-state index contributed by atoms with van der Waals surface area (Å²) in [6.45, 7) is 22.6. The van der Waals surface area contributed by atoms with Gasteiger partial charge in [-0.05, 0) is 126 Å². The Morgan fingerprint density at radius 3 is 2.68 bits per heavy atom. The maximum Gasteiger partial charge on any atom is 0.0397 e. The Labute approximate surface area is 238 Å². The van der Waals surface area contributed by atoms with E-state index in [-0.39, 0.29) is 0 Å². The molecule has 1 fully saturated rings. The van der Waals surface area contributed by atoms with E-state index in [0.717, 1.165) is 36.0 Å². The van der Waals surface area contributed by atoms with Gasteiger partial charge in [-0.25, -0.2) is 0 Å². The molecule has 0 amide bonds. The van der Waals surface area contributed by atoms with Gasteiger partial charge in [0.1, 0.15) is 0 Å². The predicted octanol–water partition coefficient (Wildman–Crippen LogP) is 11.3. The number of hydrogen-bond acceptors (Lipinski definition) is 1. The highest BCUT2D eigenvalue weighted by atomic mass is 15.2. The molecule has 0 aromatic heterocycles. The van der Waals surface area contributed by atoms with Crippen LogP contribution in [-0.4, -0.2) is 17.0 Å². The first-order chi connectivity index (χ1) is 18.1. The second kappa shape index (κ2) is 14.4. The van der Waals surface area contributed by atoms with Gasteiger partial charge in [-0.15, -0.1) is 6.58 Å². The standard InChI is InChI=1S/C37H63N/c1-9-12-13-14-17-30(5)38-25-23-29(4)37(38,8)24-22-34-20-16-21-35(36(34,6)7)28-32(11-3)27-33-19-15-18-31(10-2)26-33/h9,15,17,19,21,29,31-34H,1,10-14,16,18,20,22-28H2,2-8H3/b30-17+. The van der Waals surface area contributed by atoms with Crippen LogP contribution >= 0.6 is 0 Å². The van der Waals surface area contributed by atoms with E-state index in [1.165, 1.54) is 95.7 Å². The Bertz CT molecular complexity index is 828. The summed E-state index contributed by atoms with van der Waals surface area (Å²) < 4.78 is 0. The quantitative estimate of drug-likeness (QED) is 0.162. The third-order valence-corrected chi connectivity index (χ3v) is 11.5. The predicted molar refractivity (Wildman–Crippen MR) is 169 cm³/mol. The zero-order valence-corrected chi connectivity index (χ0v) is 26.5. The summed E-state index contributed by atoms with van der Waals surface area (Å²) in [4.78, 5) is 2.78. The lowest BCUT2D eigenvalue weighted by Crippen LogP contribution is -2.44. The van der Waals surface area contributed by atoms with Crippen molar-refractivity contribution in [3.8, 4) is 0 Å². The summed E-state index contributed by atoms with van der Waals surface area (Å²) >= 11 is 0. The lowest BCUT2D eigenvalue weighted by atomic mass is 9.62. The molecule has 1 heterocycles. The van der Waals surface area contributed by atoms with Crippen LogP contribution in [0.25, 0.3) is 0 Å². The summed E-state index contributed by atoms with van der Waals surface area (Å²) in [5, 5.41) is 0. The topological polar surface area (TPSA) is 3.24 Å². The molecule has 0 spiro atoms. The van der Waals surface area contributed by atoms with Gasteiger partial charge in [-0.1, -0.05) is 83.4 Å². The first-order valence-electron chi connectivity index (χ1n) is 16.6. The average molecular weight is 522 g/mol. The number of rotatable bonds is 14. The molecule has 1 heteroatoms. The average Bonchev–Trinajstić information content (AvgIpc) is 3.20. The van der Waals surface area contributed by atoms with Crippen molar-refractivity contribution in [1.82, 2.24) is 4.90 Å². The largest absolute Gasteiger partial charge is 0.370 e. The molecular formula is C37H63N. The highest BCUT2D eigenvalue weighted by molar-refractivity contribution is 5.19. The Morgan fingerprint density at radius 1 is 1.18 bits per heavy atom. The molecule has 0 saturated carbocycles. The van der Waals surface area contributed by atoms with E-state index in [1.54, 1.807) is 5.57 Å². The van der Waals surface area contributed by atoms with Crippen molar-refractivity contribution in [3.05, 3.63) is 48.2 Å². The first kappa shape index (κ1) is 31.3. The van der Waals surface area contributed by atoms with Crippen LogP contribution in [0, 0.1) is 35.0 Å². The second-order valence-electron chi connectivity index (χ2n) is 14.2. The lowest BCUT2D eigenvalue weighted by molar-refractivity contribution is 0.117. The fraction of sp³-hybridized carbons (Fsp3) is 0.784. The van der Waals surface area contributed by atoms with E-state index >= 15 is 0 Å². The summed E-state index contributed by atoms with van der Waals surface area (Å²) in [5.41, 5.74) is 3.92. The third-order valence-electron chi connectivity index (χ3n) is 11.5. The molecule has 0 aromatic carbocycles. The molecule has 3 aliphatic rings. The van der Waals surface area contributed by atoms with Gasteiger partial charge < -0.3 is 4.90 Å². The monoisotopic (exact) mass is 521 g/mol. The zero-order chi connectivity index (χ0) is 27.8. The molecule has 38 heavy (non-hydrogen) atoms. The minimum Gasteiger partial charge on any atom is -0.370 e. The molecule has 0 radical (unpaired) electrons. The first-order valence-corrected chi connectivity index (χ1v) is 16.6. The maximum absolute atomic E-state index is 3.89. The minimum atomic E-state index is 0.297. The normalized spacial score (nSPS) is 32.3. The van der Waals surface area contributed by atoms with E-state index in [0.29, 0.717) is 11.0 Å². The van der Waals surface area contributed by atoms with Crippen LogP contribution in [0.15, 0.2) is 48.2 Å². The SMILES string of the molecule is C=CCCC/C=C(\C)N1CCC(C)C1(C)CCC1CCC=C(CC(CC)CC2C=CCC(CC)C2)C1(C)C. The smallest absolute Gasteiger partial charge is 0.0397 e. The number of unbranched alkanes of at least 4 members (excludes halogenated alkanes) is 2. The molecule has 216 valence electrons. The van der Waals surface area contributed by atoms with Gasteiger partial charge in [0.2, 0.25) is 0 Å². The van der Waals surface area contributed by atoms with Crippen molar-refractivity contribution in [2.75, 3.05) is 6.54 Å². The number of allylic oxidation sites excluding steroid dienone is 7. The van der Waals surface area contributed by atoms with Crippen LogP contribution < -0.4 is 0 Å². The Hall–Kier alpha value is -1.24. The number of hydrogen-bond donors (Lipinski definition) is 0. The number of likely N-dealkylation sites (tertiary alicyclic amines) is 1. The van der Waals surface area contributed by atoms with E-state index < -0.39 is 0 Å². The molecule has 3 rings (SSSR count). The van der Waals surface area contributed by atoms with Gasteiger partial charge >= 0.3 is 0 Å². The van der Waals surface area contributed by atoms with Crippen LogP contribution in [0.3, 0.4) is 0 Å². The molecule has 0 aromatic rings. The molecule has 0 N–H and O–H groups in total. The maximum atomic E-state index is 3.89. The fourth-order valence-corrected chi connectivity index (χ4v) is 8.17. The van der Waals surface area contributed by atoms with Crippen molar-refractivity contribution in [1.29, 1.82) is 0 Å². The summed E-state index contributed by atoms with van der Waals surface area (Å²) in [6.07, 6.45) is 30.6. The van der Waals surface area contributed by atoms with Crippen molar-refractivity contribution in [2.24, 2.45) is 35.0 Å². The molecule has 2 aliphatic carbocycles. The fourth-order valence-electron chi connectivity index (χ4n) is 8.17. The summed E-state index contributed by atoms with van der Waals surface area (Å²) in [7, 11) is 0. The number of nitrogens with zero attached hydrogens (tertiary/aromatic N) is 1. The molecule has 1 nitrogen and oxygen atoms in total. The van der Waals surface area contributed by atoms with E-state index in [1.807, 2.05) is 0 Å². The zero-order valence-electron chi connectivity index (χ0n) is 26.5. The van der Waals surface area contributed by atoms with Crippen LogP contribution in [-0.2, 0) is 0 Å². The van der Waals surface area contributed by atoms with Crippen molar-refractivity contribution in [2.45, 2.75) is 144 Å².